The first kappa shape index (κ1) is 11.7. The molecule has 0 amide bonds. The van der Waals surface area contributed by atoms with Gasteiger partial charge in [-0.15, -0.1) is 0 Å². The molecule has 17 heavy (non-hydrogen) atoms. The van der Waals surface area contributed by atoms with E-state index in [2.05, 4.69) is 12.2 Å². The summed E-state index contributed by atoms with van der Waals surface area (Å²) in [6, 6.07) is 0. The first-order chi connectivity index (χ1) is 8.04. The third kappa shape index (κ3) is 1.17. The Balaban J connectivity index is 2.14. The molecule has 0 aromatic rings. The molecule has 4 unspecified atom stereocenters. The Hall–Kier alpha value is -0.420. The molecule has 96 valence electrons. The summed E-state index contributed by atoms with van der Waals surface area (Å²) in [6.45, 7) is 0. The molecule has 8 N–H and O–H groups in total. The summed E-state index contributed by atoms with van der Waals surface area (Å²) in [4.78, 5) is 0. The summed E-state index contributed by atoms with van der Waals surface area (Å²) < 4.78 is 0. The maximum absolute atomic E-state index is 6.17. The standard InChI is InChI=1S/C13H24N4/c14-10(15)12-6-4-8(7-12)9-3-1-2-5-13(9,12)11(16)17/h2,5,8-11H,1,3-4,6-7,14-17H2. The molecule has 0 aromatic heterocycles. The first-order valence-electron chi connectivity index (χ1n) is 6.74. The third-order valence-corrected chi connectivity index (χ3v) is 5.86. The normalized spacial score (nSPS) is 48.1. The first-order valence-corrected chi connectivity index (χ1v) is 6.74. The zero-order valence-corrected chi connectivity index (χ0v) is 10.3. The SMILES string of the molecule is NC(N)C12CCC(C1)C1CCC=CC12C(N)N. The van der Waals surface area contributed by atoms with Crippen LogP contribution in [-0.2, 0) is 0 Å². The van der Waals surface area contributed by atoms with Gasteiger partial charge in [-0.2, -0.15) is 0 Å². The van der Waals surface area contributed by atoms with Gasteiger partial charge < -0.3 is 22.9 Å². The summed E-state index contributed by atoms with van der Waals surface area (Å²) >= 11 is 0. The Labute approximate surface area is 103 Å². The van der Waals surface area contributed by atoms with Crippen molar-refractivity contribution in [2.45, 2.75) is 44.4 Å². The van der Waals surface area contributed by atoms with E-state index in [9.17, 15) is 0 Å². The van der Waals surface area contributed by atoms with Gasteiger partial charge in [0.15, 0.2) is 0 Å². The molecule has 2 saturated carbocycles. The minimum absolute atomic E-state index is 0.0621. The van der Waals surface area contributed by atoms with Crippen LogP contribution in [0.5, 0.6) is 0 Å². The Kier molecular flexibility index (Phi) is 2.43. The van der Waals surface area contributed by atoms with E-state index in [1.807, 2.05) is 0 Å². The Morgan fingerprint density at radius 2 is 1.82 bits per heavy atom. The van der Waals surface area contributed by atoms with Crippen LogP contribution in [0, 0.1) is 22.7 Å². The summed E-state index contributed by atoms with van der Waals surface area (Å²) in [5, 5.41) is 0. The van der Waals surface area contributed by atoms with Crippen LogP contribution in [-0.4, -0.2) is 12.3 Å². The summed E-state index contributed by atoms with van der Waals surface area (Å²) in [5.41, 5.74) is 24.4. The molecule has 0 saturated heterocycles. The van der Waals surface area contributed by atoms with Crippen LogP contribution in [0.4, 0.5) is 0 Å². The van der Waals surface area contributed by atoms with Crippen LogP contribution in [0.1, 0.15) is 32.1 Å². The number of nitrogens with two attached hydrogens (primary N) is 4. The molecule has 0 aromatic carbocycles. The fourth-order valence-corrected chi connectivity index (χ4v) is 5.21. The van der Waals surface area contributed by atoms with Crippen LogP contribution in [0.15, 0.2) is 12.2 Å². The van der Waals surface area contributed by atoms with Crippen LogP contribution in [0.2, 0.25) is 0 Å². The van der Waals surface area contributed by atoms with Crippen molar-refractivity contribution in [1.82, 2.24) is 0 Å². The van der Waals surface area contributed by atoms with E-state index >= 15 is 0 Å². The van der Waals surface area contributed by atoms with Crippen molar-refractivity contribution >= 4 is 0 Å². The smallest absolute Gasteiger partial charge is 0.0623 e. The number of rotatable bonds is 2. The highest BCUT2D eigenvalue weighted by Crippen LogP contribution is 2.70. The largest absolute Gasteiger partial charge is 0.316 e. The van der Waals surface area contributed by atoms with E-state index in [0.717, 1.165) is 25.2 Å². The fourth-order valence-electron chi connectivity index (χ4n) is 5.21. The van der Waals surface area contributed by atoms with Gasteiger partial charge in [-0.3, -0.25) is 0 Å². The Morgan fingerprint density at radius 3 is 2.47 bits per heavy atom. The molecule has 3 rings (SSSR count). The van der Waals surface area contributed by atoms with Gasteiger partial charge in [0.25, 0.3) is 0 Å². The molecule has 4 heteroatoms. The molecule has 2 bridgehead atoms. The molecule has 4 atom stereocenters. The van der Waals surface area contributed by atoms with Crippen LogP contribution in [0.25, 0.3) is 0 Å². The molecule has 3 aliphatic rings. The second-order valence-corrected chi connectivity index (χ2v) is 6.23. The number of allylic oxidation sites excluding steroid dienone is 1. The lowest BCUT2D eigenvalue weighted by Gasteiger charge is -2.54. The van der Waals surface area contributed by atoms with E-state index < -0.39 is 0 Å². The van der Waals surface area contributed by atoms with E-state index in [1.165, 1.54) is 12.8 Å². The van der Waals surface area contributed by atoms with Crippen molar-refractivity contribution in [3.05, 3.63) is 12.2 Å². The van der Waals surface area contributed by atoms with Crippen molar-refractivity contribution in [3.63, 3.8) is 0 Å². The van der Waals surface area contributed by atoms with Gasteiger partial charge in [-0.05, 0) is 43.9 Å². The minimum atomic E-state index is -0.344. The maximum Gasteiger partial charge on any atom is 0.0623 e. The van der Waals surface area contributed by atoms with Gasteiger partial charge in [-0.1, -0.05) is 12.2 Å². The van der Waals surface area contributed by atoms with Gasteiger partial charge in [0, 0.05) is 10.8 Å². The highest BCUT2D eigenvalue weighted by molar-refractivity contribution is 5.27. The molecule has 2 fully saturated rings. The zero-order chi connectivity index (χ0) is 12.3. The molecular formula is C13H24N4. The van der Waals surface area contributed by atoms with E-state index in [4.69, 9.17) is 22.9 Å². The maximum atomic E-state index is 6.17. The highest BCUT2D eigenvalue weighted by atomic mass is 15.0. The Morgan fingerprint density at radius 1 is 1.06 bits per heavy atom. The summed E-state index contributed by atoms with van der Waals surface area (Å²) in [7, 11) is 0. The van der Waals surface area contributed by atoms with Crippen LogP contribution >= 0.6 is 0 Å². The summed E-state index contributed by atoms with van der Waals surface area (Å²) in [5.74, 6) is 1.32. The van der Waals surface area contributed by atoms with Gasteiger partial charge in [-0.25, -0.2) is 0 Å². The van der Waals surface area contributed by atoms with Crippen LogP contribution < -0.4 is 22.9 Å². The fraction of sp³-hybridized carbons (Fsp3) is 0.846. The van der Waals surface area contributed by atoms with Gasteiger partial charge >= 0.3 is 0 Å². The lowest BCUT2D eigenvalue weighted by atomic mass is 9.53. The quantitative estimate of drug-likeness (QED) is 0.407. The lowest BCUT2D eigenvalue weighted by molar-refractivity contribution is -0.00308. The molecular weight excluding hydrogens is 212 g/mol. The number of hydrogen-bond acceptors (Lipinski definition) is 4. The monoisotopic (exact) mass is 236 g/mol. The topological polar surface area (TPSA) is 104 Å². The van der Waals surface area contributed by atoms with Crippen molar-refractivity contribution in [1.29, 1.82) is 0 Å². The lowest BCUT2D eigenvalue weighted by Crippen LogP contribution is -2.65. The summed E-state index contributed by atoms with van der Waals surface area (Å²) in [6.07, 6.45) is 9.63. The van der Waals surface area contributed by atoms with E-state index in [1.54, 1.807) is 0 Å². The molecule has 0 aliphatic heterocycles. The molecule has 0 heterocycles. The van der Waals surface area contributed by atoms with Crippen molar-refractivity contribution in [3.8, 4) is 0 Å². The molecule has 4 nitrogen and oxygen atoms in total. The zero-order valence-electron chi connectivity index (χ0n) is 10.3. The van der Waals surface area contributed by atoms with E-state index in [0.29, 0.717) is 5.92 Å². The van der Waals surface area contributed by atoms with Gasteiger partial charge in [0.1, 0.15) is 0 Å². The average molecular weight is 236 g/mol. The average Bonchev–Trinajstić information content (AvgIpc) is 2.85. The second kappa shape index (κ2) is 3.54. The highest BCUT2D eigenvalue weighted by Gasteiger charge is 2.68. The van der Waals surface area contributed by atoms with Gasteiger partial charge in [0.2, 0.25) is 0 Å². The number of fused-ring (bicyclic) bond motifs is 5. The van der Waals surface area contributed by atoms with Crippen molar-refractivity contribution in [2.75, 3.05) is 0 Å². The molecule has 0 radical (unpaired) electrons. The predicted octanol–water partition coefficient (Wildman–Crippen LogP) is 0.226. The number of hydrogen-bond donors (Lipinski definition) is 4. The molecule has 3 aliphatic carbocycles. The van der Waals surface area contributed by atoms with Crippen LogP contribution in [0.3, 0.4) is 0 Å². The van der Waals surface area contributed by atoms with Crippen molar-refractivity contribution in [2.24, 2.45) is 45.6 Å². The van der Waals surface area contributed by atoms with Gasteiger partial charge in [0.05, 0.1) is 12.3 Å². The minimum Gasteiger partial charge on any atom is -0.316 e. The predicted molar refractivity (Wildman–Crippen MR) is 68.4 cm³/mol. The third-order valence-electron chi connectivity index (χ3n) is 5.86. The Bertz CT molecular complexity index is 351. The second-order valence-electron chi connectivity index (χ2n) is 6.23. The molecule has 0 spiro atoms. The van der Waals surface area contributed by atoms with E-state index in [-0.39, 0.29) is 23.2 Å². The van der Waals surface area contributed by atoms with Crippen molar-refractivity contribution < 1.29 is 0 Å².